The summed E-state index contributed by atoms with van der Waals surface area (Å²) in [6, 6.07) is -0.209. The molecule has 5 unspecified atom stereocenters. The van der Waals surface area contributed by atoms with Gasteiger partial charge in [0, 0.05) is 13.7 Å². The molecule has 2 aliphatic heterocycles. The Hall–Kier alpha value is -0.200. The Balaban J connectivity index is 2.08. The maximum absolute atomic E-state index is 9.55. The number of aliphatic hydroxyl groups excluding tert-OH is 3. The molecule has 0 radical (unpaired) electrons. The summed E-state index contributed by atoms with van der Waals surface area (Å²) in [6.45, 7) is 0.436. The standard InChI is InChI=1S/C8H15NO4/c1-13-8-4(3-10)9-2-5(11)7(12)6(8)9/h4-8,10-12H,2-3H2,1H3. The summed E-state index contributed by atoms with van der Waals surface area (Å²) in [5.41, 5.74) is 0. The fourth-order valence-electron chi connectivity index (χ4n) is 2.43. The third kappa shape index (κ3) is 1.12. The van der Waals surface area contributed by atoms with E-state index in [4.69, 9.17) is 9.84 Å². The summed E-state index contributed by atoms with van der Waals surface area (Å²) in [7, 11) is 1.56. The molecule has 3 N–H and O–H groups in total. The van der Waals surface area contributed by atoms with E-state index in [-0.39, 0.29) is 24.8 Å². The first-order valence-electron chi connectivity index (χ1n) is 4.46. The van der Waals surface area contributed by atoms with E-state index in [0.29, 0.717) is 6.54 Å². The number of fused-ring (bicyclic) bond motifs is 1. The van der Waals surface area contributed by atoms with Crippen LogP contribution in [-0.2, 0) is 4.74 Å². The Labute approximate surface area is 76.5 Å². The zero-order chi connectivity index (χ0) is 9.59. The highest BCUT2D eigenvalue weighted by atomic mass is 16.5. The van der Waals surface area contributed by atoms with Crippen molar-refractivity contribution in [2.45, 2.75) is 30.4 Å². The number of rotatable bonds is 2. The number of hydrogen-bond acceptors (Lipinski definition) is 5. The molecule has 0 amide bonds. The van der Waals surface area contributed by atoms with E-state index in [9.17, 15) is 10.2 Å². The molecule has 0 aromatic rings. The van der Waals surface area contributed by atoms with Crippen LogP contribution >= 0.6 is 0 Å². The van der Waals surface area contributed by atoms with Gasteiger partial charge in [-0.25, -0.2) is 0 Å². The minimum atomic E-state index is -0.743. The van der Waals surface area contributed by atoms with Crippen molar-refractivity contribution in [1.29, 1.82) is 0 Å². The van der Waals surface area contributed by atoms with Gasteiger partial charge in [0.15, 0.2) is 0 Å². The predicted octanol–water partition coefficient (Wildman–Crippen LogP) is -2.22. The van der Waals surface area contributed by atoms with Gasteiger partial charge in [0.05, 0.1) is 37.0 Å². The molecule has 5 heteroatoms. The zero-order valence-corrected chi connectivity index (χ0v) is 7.50. The molecule has 0 aliphatic carbocycles. The zero-order valence-electron chi connectivity index (χ0n) is 7.50. The smallest absolute Gasteiger partial charge is 0.0992 e. The summed E-state index contributed by atoms with van der Waals surface area (Å²) < 4.78 is 5.15. The lowest BCUT2D eigenvalue weighted by atomic mass is 9.89. The molecule has 0 aromatic carbocycles. The average molecular weight is 189 g/mol. The van der Waals surface area contributed by atoms with Crippen LogP contribution in [0.25, 0.3) is 0 Å². The first kappa shape index (κ1) is 9.36. The summed E-state index contributed by atoms with van der Waals surface area (Å²) >= 11 is 0. The minimum Gasteiger partial charge on any atom is -0.395 e. The molecular formula is C8H15NO4. The topological polar surface area (TPSA) is 73.2 Å². The molecular weight excluding hydrogens is 174 g/mol. The van der Waals surface area contributed by atoms with Crippen LogP contribution in [0.2, 0.25) is 0 Å². The van der Waals surface area contributed by atoms with Gasteiger partial charge in [-0.3, -0.25) is 4.90 Å². The van der Waals surface area contributed by atoms with Crippen molar-refractivity contribution < 1.29 is 20.1 Å². The van der Waals surface area contributed by atoms with Gasteiger partial charge in [0.1, 0.15) is 0 Å². The van der Waals surface area contributed by atoms with Crippen molar-refractivity contribution in [3.8, 4) is 0 Å². The fourth-order valence-corrected chi connectivity index (χ4v) is 2.43. The van der Waals surface area contributed by atoms with Gasteiger partial charge in [-0.1, -0.05) is 0 Å². The first-order chi connectivity index (χ1) is 6.20. The summed E-state index contributed by atoms with van der Waals surface area (Å²) in [5.74, 6) is 0. The maximum atomic E-state index is 9.55. The quantitative estimate of drug-likeness (QED) is 0.459. The van der Waals surface area contributed by atoms with E-state index in [2.05, 4.69) is 0 Å². The summed E-state index contributed by atoms with van der Waals surface area (Å²) in [6.07, 6.45) is -1.61. The molecule has 13 heavy (non-hydrogen) atoms. The highest BCUT2D eigenvalue weighted by Gasteiger charge is 2.58. The Morgan fingerprint density at radius 1 is 1.46 bits per heavy atom. The van der Waals surface area contributed by atoms with Crippen LogP contribution < -0.4 is 0 Å². The molecule has 0 aromatic heterocycles. The van der Waals surface area contributed by atoms with Crippen molar-refractivity contribution in [2.75, 3.05) is 20.3 Å². The fraction of sp³-hybridized carbons (Fsp3) is 1.00. The van der Waals surface area contributed by atoms with Crippen molar-refractivity contribution in [3.05, 3.63) is 0 Å². The number of aliphatic hydroxyl groups is 3. The SMILES string of the molecule is COC1C(CO)N2CC(O)C(O)C12. The van der Waals surface area contributed by atoms with Crippen molar-refractivity contribution in [3.63, 3.8) is 0 Å². The number of methoxy groups -OCH3 is 1. The lowest BCUT2D eigenvalue weighted by Crippen LogP contribution is -2.69. The first-order valence-corrected chi connectivity index (χ1v) is 4.46. The van der Waals surface area contributed by atoms with Gasteiger partial charge < -0.3 is 20.1 Å². The molecule has 2 fully saturated rings. The van der Waals surface area contributed by atoms with Crippen molar-refractivity contribution >= 4 is 0 Å². The van der Waals surface area contributed by atoms with Crippen molar-refractivity contribution in [2.24, 2.45) is 0 Å². The Kier molecular flexibility index (Phi) is 2.29. The van der Waals surface area contributed by atoms with Crippen LogP contribution in [-0.4, -0.2) is 70.9 Å². The molecule has 5 atom stereocenters. The van der Waals surface area contributed by atoms with E-state index in [0.717, 1.165) is 0 Å². The summed E-state index contributed by atoms with van der Waals surface area (Å²) in [5, 5.41) is 27.9. The van der Waals surface area contributed by atoms with Gasteiger partial charge in [-0.15, -0.1) is 0 Å². The predicted molar refractivity (Wildman–Crippen MR) is 44.2 cm³/mol. The van der Waals surface area contributed by atoms with Crippen molar-refractivity contribution in [1.82, 2.24) is 4.90 Å². The van der Waals surface area contributed by atoms with E-state index < -0.39 is 12.2 Å². The monoisotopic (exact) mass is 189 g/mol. The van der Waals surface area contributed by atoms with Gasteiger partial charge in [-0.2, -0.15) is 0 Å². The van der Waals surface area contributed by atoms with E-state index >= 15 is 0 Å². The van der Waals surface area contributed by atoms with E-state index in [1.165, 1.54) is 0 Å². The second-order valence-electron chi connectivity index (χ2n) is 3.70. The lowest BCUT2D eigenvalue weighted by Gasteiger charge is -2.50. The van der Waals surface area contributed by atoms with E-state index in [1.807, 2.05) is 4.90 Å². The molecule has 0 saturated carbocycles. The molecule has 0 bridgehead atoms. The Bertz CT molecular complexity index is 195. The molecule has 76 valence electrons. The molecule has 0 spiro atoms. The highest BCUT2D eigenvalue weighted by Crippen LogP contribution is 2.36. The van der Waals surface area contributed by atoms with Gasteiger partial charge in [0.2, 0.25) is 0 Å². The van der Waals surface area contributed by atoms with Crippen LogP contribution in [0.15, 0.2) is 0 Å². The van der Waals surface area contributed by atoms with Gasteiger partial charge in [-0.05, 0) is 0 Å². The van der Waals surface area contributed by atoms with Crippen LogP contribution in [0, 0.1) is 0 Å². The number of nitrogens with zero attached hydrogens (tertiary/aromatic N) is 1. The highest BCUT2D eigenvalue weighted by molar-refractivity contribution is 5.12. The molecule has 2 aliphatic rings. The normalized spacial score (nSPS) is 50.3. The minimum absolute atomic E-state index is 0.00838. The van der Waals surface area contributed by atoms with Crippen LogP contribution in [0.3, 0.4) is 0 Å². The molecule has 5 nitrogen and oxygen atoms in total. The van der Waals surface area contributed by atoms with E-state index in [1.54, 1.807) is 7.11 Å². The third-order valence-electron chi connectivity index (χ3n) is 3.13. The summed E-state index contributed by atoms with van der Waals surface area (Å²) in [4.78, 5) is 1.89. The van der Waals surface area contributed by atoms with Crippen LogP contribution in [0.5, 0.6) is 0 Å². The Morgan fingerprint density at radius 2 is 2.15 bits per heavy atom. The Morgan fingerprint density at radius 3 is 2.69 bits per heavy atom. The average Bonchev–Trinajstić information content (AvgIpc) is 2.32. The third-order valence-corrected chi connectivity index (χ3v) is 3.13. The second kappa shape index (κ2) is 3.18. The largest absolute Gasteiger partial charge is 0.395 e. The molecule has 2 rings (SSSR count). The van der Waals surface area contributed by atoms with Crippen LogP contribution in [0.4, 0.5) is 0 Å². The number of ether oxygens (including phenoxy) is 1. The van der Waals surface area contributed by atoms with Crippen LogP contribution in [0.1, 0.15) is 0 Å². The molecule has 2 saturated heterocycles. The van der Waals surface area contributed by atoms with Gasteiger partial charge in [0.25, 0.3) is 0 Å². The maximum Gasteiger partial charge on any atom is 0.0992 e. The second-order valence-corrected chi connectivity index (χ2v) is 3.70. The molecule has 2 heterocycles. The van der Waals surface area contributed by atoms with Gasteiger partial charge >= 0.3 is 0 Å². The number of hydrogen-bond donors (Lipinski definition) is 3. The lowest BCUT2D eigenvalue weighted by molar-refractivity contribution is -0.153.